The predicted octanol–water partition coefficient (Wildman–Crippen LogP) is 3.84. The van der Waals surface area contributed by atoms with Gasteiger partial charge in [0.05, 0.1) is 21.7 Å². The van der Waals surface area contributed by atoms with E-state index >= 15 is 0 Å². The van der Waals surface area contributed by atoms with Gasteiger partial charge in [0, 0.05) is 18.0 Å². The number of aromatic nitrogens is 1. The number of anilines is 1. The van der Waals surface area contributed by atoms with Gasteiger partial charge in [-0.1, -0.05) is 41.9 Å². The van der Waals surface area contributed by atoms with Gasteiger partial charge in [-0.3, -0.25) is 9.59 Å². The highest BCUT2D eigenvalue weighted by molar-refractivity contribution is 9.10. The van der Waals surface area contributed by atoms with Crippen molar-refractivity contribution < 1.29 is 19.1 Å². The van der Waals surface area contributed by atoms with Crippen LogP contribution in [0.1, 0.15) is 10.5 Å². The number of H-pyrrole nitrogens is 1. The Kier molecular flexibility index (Phi) is 6.56. The zero-order valence-electron chi connectivity index (χ0n) is 15.4. The number of para-hydroxylation sites is 2. The number of aromatic amines is 1. The zero-order chi connectivity index (χ0) is 21.0. The Balaban J connectivity index is 1.54. The molecule has 0 saturated carbocycles. The first kappa shape index (κ1) is 20.9. The smallest absolute Gasteiger partial charge is 0.356 e. The van der Waals surface area contributed by atoms with E-state index in [0.717, 1.165) is 10.9 Å². The fourth-order valence-electron chi connectivity index (χ4n) is 2.61. The van der Waals surface area contributed by atoms with Gasteiger partial charge in [-0.25, -0.2) is 4.79 Å². The van der Waals surface area contributed by atoms with Crippen molar-refractivity contribution in [3.05, 3.63) is 63.7 Å². The van der Waals surface area contributed by atoms with Gasteiger partial charge in [0.15, 0.2) is 6.61 Å². The van der Waals surface area contributed by atoms with Gasteiger partial charge in [-0.15, -0.1) is 0 Å². The van der Waals surface area contributed by atoms with Crippen molar-refractivity contribution in [1.29, 1.82) is 0 Å². The minimum Gasteiger partial charge on any atom is -0.451 e. The molecule has 0 aliphatic heterocycles. The lowest BCUT2D eigenvalue weighted by Crippen LogP contribution is -2.37. The van der Waals surface area contributed by atoms with Crippen molar-refractivity contribution >= 4 is 61.9 Å². The first-order valence-electron chi connectivity index (χ1n) is 8.58. The third-order valence-corrected chi connectivity index (χ3v) is 5.28. The number of ether oxygens (including phenoxy) is 1. The van der Waals surface area contributed by atoms with E-state index in [2.05, 4.69) is 26.2 Å². The molecule has 0 bridgehead atoms. The normalized spacial score (nSPS) is 10.6. The third-order valence-electron chi connectivity index (χ3n) is 4.13. The van der Waals surface area contributed by atoms with Gasteiger partial charge in [-0.05, 0) is 34.1 Å². The average Bonchev–Trinajstić information content (AvgIpc) is 3.04. The van der Waals surface area contributed by atoms with E-state index in [-0.39, 0.29) is 12.2 Å². The summed E-state index contributed by atoms with van der Waals surface area (Å²) in [5.74, 6) is -1.60. The molecule has 1 aromatic heterocycles. The summed E-state index contributed by atoms with van der Waals surface area (Å²) >= 11 is 9.36. The van der Waals surface area contributed by atoms with Crippen LogP contribution in [0.2, 0.25) is 5.02 Å². The highest BCUT2D eigenvalue weighted by Crippen LogP contribution is 2.28. The molecule has 7 nitrogen and oxygen atoms in total. The lowest BCUT2D eigenvalue weighted by atomic mass is 10.2. The summed E-state index contributed by atoms with van der Waals surface area (Å²) in [5, 5.41) is 3.85. The number of nitrogens with zero attached hydrogens (tertiary/aromatic N) is 1. The van der Waals surface area contributed by atoms with Gasteiger partial charge < -0.3 is 19.9 Å². The van der Waals surface area contributed by atoms with Crippen LogP contribution in [0.3, 0.4) is 0 Å². The van der Waals surface area contributed by atoms with Crippen LogP contribution in [0.25, 0.3) is 10.9 Å². The summed E-state index contributed by atoms with van der Waals surface area (Å²) < 4.78 is 5.66. The molecule has 0 atom stereocenters. The lowest BCUT2D eigenvalue weighted by molar-refractivity contribution is -0.136. The second kappa shape index (κ2) is 9.11. The molecule has 2 amide bonds. The van der Waals surface area contributed by atoms with Crippen molar-refractivity contribution in [3.63, 3.8) is 0 Å². The molecule has 0 radical (unpaired) electrons. The highest BCUT2D eigenvalue weighted by atomic mass is 79.9. The first-order valence-corrected chi connectivity index (χ1v) is 9.75. The average molecular weight is 479 g/mol. The van der Waals surface area contributed by atoms with E-state index in [1.807, 2.05) is 24.3 Å². The van der Waals surface area contributed by atoms with Crippen LogP contribution in [-0.4, -0.2) is 47.9 Å². The number of fused-ring (bicyclic) bond motifs is 1. The molecule has 0 fully saturated rings. The van der Waals surface area contributed by atoms with Crippen molar-refractivity contribution in [2.75, 3.05) is 25.5 Å². The van der Waals surface area contributed by atoms with Gasteiger partial charge in [0.2, 0.25) is 5.91 Å². The minimum atomic E-state index is -0.671. The fourth-order valence-corrected chi connectivity index (χ4v) is 3.40. The molecule has 0 saturated heterocycles. The summed E-state index contributed by atoms with van der Waals surface area (Å²) in [6, 6.07) is 14.1. The summed E-state index contributed by atoms with van der Waals surface area (Å²) in [7, 11) is 1.45. The molecule has 2 N–H and O–H groups in total. The number of hydrogen-bond acceptors (Lipinski definition) is 4. The molecule has 0 aliphatic rings. The number of benzene rings is 2. The van der Waals surface area contributed by atoms with E-state index in [1.54, 1.807) is 24.3 Å². The number of halogens is 2. The maximum atomic E-state index is 12.3. The van der Waals surface area contributed by atoms with Crippen LogP contribution in [0.15, 0.2) is 53.0 Å². The highest BCUT2D eigenvalue weighted by Gasteiger charge is 2.20. The Morgan fingerprint density at radius 3 is 2.55 bits per heavy atom. The Morgan fingerprint density at radius 1 is 1.14 bits per heavy atom. The third kappa shape index (κ3) is 4.96. The molecule has 150 valence electrons. The van der Waals surface area contributed by atoms with Gasteiger partial charge in [0.25, 0.3) is 5.91 Å². The van der Waals surface area contributed by atoms with Crippen molar-refractivity contribution in [2.24, 2.45) is 0 Å². The van der Waals surface area contributed by atoms with Crippen LogP contribution in [-0.2, 0) is 14.3 Å². The van der Waals surface area contributed by atoms with Gasteiger partial charge in [0.1, 0.15) is 5.69 Å². The molecular weight excluding hydrogens is 462 g/mol. The molecule has 1 heterocycles. The van der Waals surface area contributed by atoms with Crippen molar-refractivity contribution in [2.45, 2.75) is 0 Å². The van der Waals surface area contributed by atoms with E-state index in [0.29, 0.717) is 15.2 Å². The quantitative estimate of drug-likeness (QED) is 0.527. The van der Waals surface area contributed by atoms with E-state index in [4.69, 9.17) is 16.3 Å². The number of rotatable bonds is 6. The number of carbonyl (C=O) groups is 3. The van der Waals surface area contributed by atoms with Crippen LogP contribution < -0.4 is 5.32 Å². The van der Waals surface area contributed by atoms with Crippen LogP contribution in [0.4, 0.5) is 5.69 Å². The monoisotopic (exact) mass is 477 g/mol. The molecule has 2 aromatic carbocycles. The number of esters is 1. The molecule has 9 heteroatoms. The molecule has 3 aromatic rings. The Hall–Kier alpha value is -2.84. The summed E-state index contributed by atoms with van der Waals surface area (Å²) in [6.45, 7) is -0.700. The molecule has 3 rings (SSSR count). The van der Waals surface area contributed by atoms with Crippen LogP contribution in [0.5, 0.6) is 0 Å². The van der Waals surface area contributed by atoms with Gasteiger partial charge in [-0.2, -0.15) is 0 Å². The van der Waals surface area contributed by atoms with Crippen molar-refractivity contribution in [1.82, 2.24) is 9.88 Å². The topological polar surface area (TPSA) is 91.5 Å². The summed E-state index contributed by atoms with van der Waals surface area (Å²) in [4.78, 5) is 40.8. The number of nitrogens with one attached hydrogen (secondary N) is 2. The van der Waals surface area contributed by atoms with E-state index in [1.165, 1.54) is 11.9 Å². The number of likely N-dealkylation sites (N-methyl/N-ethyl adjacent to an activating group) is 1. The van der Waals surface area contributed by atoms with Crippen LogP contribution >= 0.6 is 27.5 Å². The maximum absolute atomic E-state index is 12.3. The summed E-state index contributed by atoms with van der Waals surface area (Å²) in [5.41, 5.74) is 1.44. The minimum absolute atomic E-state index is 0.211. The Bertz CT molecular complexity index is 1080. The lowest BCUT2D eigenvalue weighted by Gasteiger charge is -2.17. The van der Waals surface area contributed by atoms with Crippen LogP contribution in [0, 0.1) is 0 Å². The summed E-state index contributed by atoms with van der Waals surface area (Å²) in [6.07, 6.45) is 0. The molecule has 0 spiro atoms. The van der Waals surface area contributed by atoms with Crippen molar-refractivity contribution in [3.8, 4) is 0 Å². The first-order chi connectivity index (χ1) is 13.9. The predicted molar refractivity (Wildman–Crippen MR) is 114 cm³/mol. The standard InChI is InChI=1S/C20H17BrClN3O4/c1-25(10-16(26)23-15-9-5-3-7-13(15)22)17(27)11-29-20(28)19-18(21)12-6-2-4-8-14(12)24-19/h2-9,24H,10-11H2,1H3,(H,23,26). The molecule has 0 aliphatic carbocycles. The van der Waals surface area contributed by atoms with Gasteiger partial charge >= 0.3 is 5.97 Å². The number of carbonyl (C=O) groups excluding carboxylic acids is 3. The zero-order valence-corrected chi connectivity index (χ0v) is 17.7. The second-order valence-electron chi connectivity index (χ2n) is 6.21. The fraction of sp³-hybridized carbons (Fsp3) is 0.150. The number of amides is 2. The second-order valence-corrected chi connectivity index (χ2v) is 7.41. The molecule has 0 unspecified atom stereocenters. The Morgan fingerprint density at radius 2 is 1.83 bits per heavy atom. The SMILES string of the molecule is CN(CC(=O)Nc1ccccc1Cl)C(=O)COC(=O)c1[nH]c2ccccc2c1Br. The van der Waals surface area contributed by atoms with E-state index in [9.17, 15) is 14.4 Å². The van der Waals surface area contributed by atoms with E-state index < -0.39 is 24.4 Å². The molecule has 29 heavy (non-hydrogen) atoms. The number of hydrogen-bond donors (Lipinski definition) is 2. The maximum Gasteiger partial charge on any atom is 0.356 e. The Labute approximate surface area is 180 Å². The largest absolute Gasteiger partial charge is 0.451 e. The molecular formula is C20H17BrClN3O4.